The van der Waals surface area contributed by atoms with E-state index in [0.29, 0.717) is 13.1 Å². The van der Waals surface area contributed by atoms with Crippen LogP contribution in [0.15, 0.2) is 59.5 Å². The fraction of sp³-hybridized carbons (Fsp3) is 0.167. The molecule has 0 radical (unpaired) electrons. The van der Waals surface area contributed by atoms with Crippen LogP contribution < -0.4 is 4.72 Å². The maximum Gasteiger partial charge on any atom is 0.263 e. The number of nitrogens with one attached hydrogen (secondary N) is 2. The highest BCUT2D eigenvalue weighted by atomic mass is 32.2. The maximum absolute atomic E-state index is 12.4. The number of nitrogens with zero attached hydrogens (tertiary/aromatic N) is 1. The predicted octanol–water partition coefficient (Wildman–Crippen LogP) is 2.79. The Bertz CT molecular complexity index is 1040. The molecule has 0 unspecified atom stereocenters. The molecule has 1 aromatic heterocycles. The standard InChI is InChI=1S/C18H17N3O2S2/c22-25(23,13-6-2-1-3-7-13)20-18(24)21-11-10-15-14-8-4-5-9-16(14)19-17(15)12-21/h1-9,19H,10-12H2,(H,20,24). The van der Waals surface area contributed by atoms with Gasteiger partial charge in [0, 0.05) is 23.1 Å². The molecule has 0 spiro atoms. The highest BCUT2D eigenvalue weighted by Gasteiger charge is 2.24. The van der Waals surface area contributed by atoms with Gasteiger partial charge < -0.3 is 9.88 Å². The van der Waals surface area contributed by atoms with Crippen molar-refractivity contribution in [2.24, 2.45) is 0 Å². The van der Waals surface area contributed by atoms with Gasteiger partial charge in [0.25, 0.3) is 10.0 Å². The minimum Gasteiger partial charge on any atom is -0.357 e. The molecular formula is C18H17N3O2S2. The van der Waals surface area contributed by atoms with Crippen molar-refractivity contribution in [1.82, 2.24) is 14.6 Å². The van der Waals surface area contributed by atoms with Crippen LogP contribution in [-0.2, 0) is 23.0 Å². The van der Waals surface area contributed by atoms with Crippen LogP contribution in [0.1, 0.15) is 11.3 Å². The van der Waals surface area contributed by atoms with Crippen LogP contribution in [0, 0.1) is 0 Å². The quantitative estimate of drug-likeness (QED) is 0.680. The van der Waals surface area contributed by atoms with Gasteiger partial charge in [0.2, 0.25) is 0 Å². The Kier molecular flexibility index (Phi) is 3.97. The molecule has 0 atom stereocenters. The van der Waals surface area contributed by atoms with Crippen LogP contribution in [0.2, 0.25) is 0 Å². The monoisotopic (exact) mass is 371 g/mol. The first-order valence-corrected chi connectivity index (χ1v) is 9.89. The summed E-state index contributed by atoms with van der Waals surface area (Å²) in [5.74, 6) is 0. The third kappa shape index (κ3) is 3.01. The molecule has 2 N–H and O–H groups in total. The number of H-pyrrole nitrogens is 1. The van der Waals surface area contributed by atoms with E-state index < -0.39 is 10.0 Å². The van der Waals surface area contributed by atoms with Gasteiger partial charge in [0.05, 0.1) is 11.4 Å². The van der Waals surface area contributed by atoms with Gasteiger partial charge in [-0.3, -0.25) is 4.72 Å². The molecular weight excluding hydrogens is 354 g/mol. The molecule has 3 aromatic rings. The van der Waals surface area contributed by atoms with Crippen molar-refractivity contribution in [2.75, 3.05) is 6.54 Å². The van der Waals surface area contributed by atoms with E-state index >= 15 is 0 Å². The average molecular weight is 371 g/mol. The third-order valence-electron chi connectivity index (χ3n) is 4.45. The van der Waals surface area contributed by atoms with Crippen molar-refractivity contribution in [3.05, 3.63) is 65.9 Å². The largest absolute Gasteiger partial charge is 0.357 e. The average Bonchev–Trinajstić information content (AvgIpc) is 3.00. The maximum atomic E-state index is 12.4. The van der Waals surface area contributed by atoms with E-state index in [1.54, 1.807) is 30.3 Å². The number of thiocarbonyl (C=S) groups is 1. The van der Waals surface area contributed by atoms with Gasteiger partial charge in [0.1, 0.15) is 0 Å². The van der Waals surface area contributed by atoms with Gasteiger partial charge >= 0.3 is 0 Å². The molecule has 2 heterocycles. The number of sulfonamides is 1. The van der Waals surface area contributed by atoms with Crippen LogP contribution in [0.4, 0.5) is 0 Å². The highest BCUT2D eigenvalue weighted by molar-refractivity contribution is 7.91. The van der Waals surface area contributed by atoms with Gasteiger partial charge in [0.15, 0.2) is 5.11 Å². The molecule has 128 valence electrons. The molecule has 0 aliphatic carbocycles. The van der Waals surface area contributed by atoms with E-state index in [1.165, 1.54) is 10.9 Å². The van der Waals surface area contributed by atoms with Gasteiger partial charge in [-0.1, -0.05) is 36.4 Å². The molecule has 4 rings (SSSR count). The zero-order valence-corrected chi connectivity index (χ0v) is 15.0. The summed E-state index contributed by atoms with van der Waals surface area (Å²) in [6, 6.07) is 16.4. The molecule has 7 heteroatoms. The first-order chi connectivity index (χ1) is 12.0. The van der Waals surface area contributed by atoms with E-state index in [4.69, 9.17) is 12.2 Å². The molecule has 5 nitrogen and oxygen atoms in total. The number of fused-ring (bicyclic) bond motifs is 3. The Morgan fingerprint density at radius 1 is 1.08 bits per heavy atom. The normalized spacial score (nSPS) is 14.3. The summed E-state index contributed by atoms with van der Waals surface area (Å²) >= 11 is 5.35. The first-order valence-electron chi connectivity index (χ1n) is 8.00. The number of para-hydroxylation sites is 1. The Morgan fingerprint density at radius 2 is 1.80 bits per heavy atom. The van der Waals surface area contributed by atoms with Crippen molar-refractivity contribution in [1.29, 1.82) is 0 Å². The van der Waals surface area contributed by atoms with E-state index in [9.17, 15) is 8.42 Å². The van der Waals surface area contributed by atoms with Crippen LogP contribution in [0.3, 0.4) is 0 Å². The highest BCUT2D eigenvalue weighted by Crippen LogP contribution is 2.27. The topological polar surface area (TPSA) is 65.2 Å². The van der Waals surface area contributed by atoms with E-state index in [2.05, 4.69) is 21.8 Å². The lowest BCUT2D eigenvalue weighted by Crippen LogP contribution is -2.44. The molecule has 0 fully saturated rings. The number of aromatic amines is 1. The Balaban J connectivity index is 1.54. The van der Waals surface area contributed by atoms with Crippen molar-refractivity contribution < 1.29 is 8.42 Å². The lowest BCUT2D eigenvalue weighted by Gasteiger charge is -2.29. The fourth-order valence-corrected chi connectivity index (χ4v) is 4.68. The number of rotatable bonds is 2. The zero-order chi connectivity index (χ0) is 17.4. The molecule has 1 aliphatic rings. The molecule has 0 amide bonds. The molecule has 0 saturated carbocycles. The van der Waals surface area contributed by atoms with E-state index in [1.807, 2.05) is 17.0 Å². The molecule has 1 aliphatic heterocycles. The number of hydrogen-bond donors (Lipinski definition) is 2. The second kappa shape index (κ2) is 6.16. The lowest BCUT2D eigenvalue weighted by atomic mass is 10.0. The smallest absolute Gasteiger partial charge is 0.263 e. The van der Waals surface area contributed by atoms with E-state index in [0.717, 1.165) is 17.6 Å². The lowest BCUT2D eigenvalue weighted by molar-refractivity contribution is 0.389. The van der Waals surface area contributed by atoms with Gasteiger partial charge in [-0.05, 0) is 42.4 Å². The van der Waals surface area contributed by atoms with Crippen LogP contribution in [0.5, 0.6) is 0 Å². The summed E-state index contributed by atoms with van der Waals surface area (Å²) in [5.41, 5.74) is 3.49. The molecule has 2 aromatic carbocycles. The van der Waals surface area contributed by atoms with Gasteiger partial charge in [-0.25, -0.2) is 8.42 Å². The number of aromatic nitrogens is 1. The second-order valence-electron chi connectivity index (χ2n) is 6.02. The van der Waals surface area contributed by atoms with Crippen molar-refractivity contribution >= 4 is 38.3 Å². The summed E-state index contributed by atoms with van der Waals surface area (Å²) in [7, 11) is -3.65. The molecule has 0 bridgehead atoms. The summed E-state index contributed by atoms with van der Waals surface area (Å²) < 4.78 is 27.4. The fourth-order valence-electron chi connectivity index (χ4n) is 3.20. The summed E-state index contributed by atoms with van der Waals surface area (Å²) in [5, 5.41) is 1.46. The van der Waals surface area contributed by atoms with Crippen LogP contribution in [-0.4, -0.2) is 30.0 Å². The summed E-state index contributed by atoms with van der Waals surface area (Å²) in [4.78, 5) is 5.51. The summed E-state index contributed by atoms with van der Waals surface area (Å²) in [6.07, 6.45) is 0.826. The number of hydrogen-bond acceptors (Lipinski definition) is 3. The van der Waals surface area contributed by atoms with Crippen LogP contribution in [0.25, 0.3) is 10.9 Å². The predicted molar refractivity (Wildman–Crippen MR) is 102 cm³/mol. The van der Waals surface area contributed by atoms with Crippen molar-refractivity contribution in [2.45, 2.75) is 17.9 Å². The first kappa shape index (κ1) is 16.1. The minimum atomic E-state index is -3.65. The molecule has 25 heavy (non-hydrogen) atoms. The van der Waals surface area contributed by atoms with Crippen molar-refractivity contribution in [3.63, 3.8) is 0 Å². The molecule has 0 saturated heterocycles. The van der Waals surface area contributed by atoms with Gasteiger partial charge in [-0.2, -0.15) is 0 Å². The summed E-state index contributed by atoms with van der Waals surface area (Å²) in [6.45, 7) is 1.26. The Morgan fingerprint density at radius 3 is 2.60 bits per heavy atom. The zero-order valence-electron chi connectivity index (χ0n) is 13.4. The SMILES string of the molecule is O=S(=O)(NC(=S)N1CCc2c([nH]c3ccccc23)C1)c1ccccc1. The Hall–Kier alpha value is -2.38. The van der Waals surface area contributed by atoms with Crippen LogP contribution >= 0.6 is 12.2 Å². The second-order valence-corrected chi connectivity index (χ2v) is 8.09. The Labute approximate surface area is 151 Å². The number of benzene rings is 2. The minimum absolute atomic E-state index is 0.209. The third-order valence-corrected chi connectivity index (χ3v) is 6.29. The van der Waals surface area contributed by atoms with Crippen molar-refractivity contribution in [3.8, 4) is 0 Å². The van der Waals surface area contributed by atoms with Gasteiger partial charge in [-0.15, -0.1) is 0 Å². The van der Waals surface area contributed by atoms with E-state index in [-0.39, 0.29) is 10.0 Å².